The van der Waals surface area contributed by atoms with Crippen LogP contribution in [0.3, 0.4) is 0 Å². The van der Waals surface area contributed by atoms with Crippen LogP contribution in [-0.4, -0.2) is 24.9 Å². The zero-order valence-electron chi connectivity index (χ0n) is 78.3. The van der Waals surface area contributed by atoms with E-state index >= 15 is 0 Å². The first kappa shape index (κ1) is 71.0. The fraction of sp³-hybridized carbons (Fsp3) is 0.231. The van der Waals surface area contributed by atoms with Crippen LogP contribution in [-0.2, 0) is 35.2 Å². The van der Waals surface area contributed by atoms with Crippen LogP contribution < -0.4 is 22.8 Å². The summed E-state index contributed by atoms with van der Waals surface area (Å²) in [5.74, 6) is -1.34. The lowest BCUT2D eigenvalue weighted by Crippen LogP contribution is -2.31. The standard InChI is InChI=1S/2C22H23N2O.C21H21N2O.C20H19N2O.C19H17N2O/c1-13(2)16-10-11-24(5)19(12-16)20-14(3)6-8-17-18-9-7-15(4)23-22(18)25-21(17)20;1-13(2)16-8-10-24(5)18(12-16)20-15(4)11-14(3)19-17-7-6-9-23-22(17)25-21(19)20;1-12-6-8-16-17-9-7-15(4)22-21(17)24-20(16)19(12)18-10-13(2)14(3)11-23(18)5;1-12-5-10-17(22(4)11-12)18-13(2)6-8-15-16-9-7-14(3)21-20(16)23-19(15)18;1-12-7-9-14-15-10-8-13(2)20-19(15)22-18(14)17(12)16-6-4-5-11-21(16)3/h2*6-13H,1-5H3;6-11H,1-5H3;5-11H,1-4H3;4-11H,1-3H3/q5*+1/i;1D3,3D3,13D;;;. The number of hydrogen-bond donors (Lipinski definition) is 0. The molecule has 0 spiro atoms. The van der Waals surface area contributed by atoms with Crippen molar-refractivity contribution in [1.82, 2.24) is 24.9 Å². The summed E-state index contributed by atoms with van der Waals surface area (Å²) >= 11 is 0. The molecule has 119 heavy (non-hydrogen) atoms. The molecule has 0 aliphatic carbocycles. The van der Waals surface area contributed by atoms with Gasteiger partial charge in [-0.05, 0) is 225 Å². The minimum absolute atomic E-state index is 0.173. The minimum atomic E-state index is -2.52. The predicted octanol–water partition coefficient (Wildman–Crippen LogP) is 23.6. The van der Waals surface area contributed by atoms with Crippen LogP contribution in [0.2, 0.25) is 0 Å². The summed E-state index contributed by atoms with van der Waals surface area (Å²) in [5.41, 5.74) is 32.6. The number of benzene rings is 5. The van der Waals surface area contributed by atoms with E-state index in [2.05, 4.69) is 274 Å². The Morgan fingerprint density at radius 1 is 0.311 bits per heavy atom. The van der Waals surface area contributed by atoms with Gasteiger partial charge in [-0.2, -0.15) is 0 Å². The Morgan fingerprint density at radius 3 is 1.16 bits per heavy atom. The molecule has 5 aromatic carbocycles. The highest BCUT2D eigenvalue weighted by Gasteiger charge is 2.29. The van der Waals surface area contributed by atoms with E-state index in [0.29, 0.717) is 73.2 Å². The Hall–Kier alpha value is -13.4. The summed E-state index contributed by atoms with van der Waals surface area (Å²) in [6, 6.07) is 59.3. The summed E-state index contributed by atoms with van der Waals surface area (Å²) < 4.78 is 97.2. The van der Waals surface area contributed by atoms with Crippen LogP contribution in [0.4, 0.5) is 0 Å². The number of pyridine rings is 10. The Kier molecular flexibility index (Phi) is 19.0. The van der Waals surface area contributed by atoms with Gasteiger partial charge in [0.2, 0.25) is 57.0 Å². The number of aryl methyl sites for hydroxylation is 18. The van der Waals surface area contributed by atoms with Crippen molar-refractivity contribution in [3.8, 4) is 56.3 Å². The van der Waals surface area contributed by atoms with Crippen molar-refractivity contribution in [2.75, 3.05) is 0 Å². The molecule has 0 saturated carbocycles. The van der Waals surface area contributed by atoms with E-state index in [-0.39, 0.29) is 5.56 Å². The van der Waals surface area contributed by atoms with Gasteiger partial charge >= 0.3 is 0 Å². The van der Waals surface area contributed by atoms with E-state index in [0.717, 1.165) is 128 Å². The number of fused-ring (bicyclic) bond motifs is 15. The van der Waals surface area contributed by atoms with Crippen LogP contribution in [0.1, 0.15) is 133 Å². The molecule has 15 heterocycles. The molecule has 15 nitrogen and oxygen atoms in total. The van der Waals surface area contributed by atoms with Gasteiger partial charge in [0.1, 0.15) is 35.2 Å². The van der Waals surface area contributed by atoms with Crippen molar-refractivity contribution in [3.05, 3.63) is 297 Å². The van der Waals surface area contributed by atoms with Gasteiger partial charge in [-0.3, -0.25) is 0 Å². The molecule has 20 aromatic rings. The lowest BCUT2D eigenvalue weighted by molar-refractivity contribution is -0.660. The van der Waals surface area contributed by atoms with Crippen LogP contribution >= 0.6 is 0 Å². The van der Waals surface area contributed by atoms with Gasteiger partial charge < -0.3 is 22.1 Å². The van der Waals surface area contributed by atoms with Gasteiger partial charge in [-0.1, -0.05) is 82.2 Å². The molecule has 594 valence electrons. The molecule has 0 bridgehead atoms. The third-order valence-corrected chi connectivity index (χ3v) is 22.9. The molecule has 0 amide bonds. The molecule has 1 atom stereocenters. The van der Waals surface area contributed by atoms with E-state index in [1.165, 1.54) is 57.1 Å². The van der Waals surface area contributed by atoms with Crippen LogP contribution in [0.5, 0.6) is 0 Å². The van der Waals surface area contributed by atoms with Crippen molar-refractivity contribution < 1.29 is 54.5 Å². The van der Waals surface area contributed by atoms with Crippen molar-refractivity contribution in [3.63, 3.8) is 0 Å². The van der Waals surface area contributed by atoms with E-state index in [4.69, 9.17) is 31.7 Å². The summed E-state index contributed by atoms with van der Waals surface area (Å²) in [4.78, 5) is 22.5. The maximum absolute atomic E-state index is 8.49. The zero-order chi connectivity index (χ0) is 89.8. The molecule has 0 saturated heterocycles. The molecule has 20 rings (SSSR count). The average Bonchev–Trinajstić information content (AvgIpc) is 1.19. The van der Waals surface area contributed by atoms with E-state index in [1.807, 2.05) is 58.0 Å². The van der Waals surface area contributed by atoms with Gasteiger partial charge in [0.05, 0.1) is 27.8 Å². The molecule has 0 aliphatic rings. The Bertz CT molecular complexity index is 7760. The number of nitrogens with zero attached hydrogens (tertiary/aromatic N) is 10. The highest BCUT2D eigenvalue weighted by molar-refractivity contribution is 6.13. The first-order valence-corrected chi connectivity index (χ1v) is 40.2. The SMILES string of the molecule is Cc1ccc(-c2c(C)ccc3c2oc2nc(C)ccc23)[n+](C)c1.Cc1ccc2c(n1)oc1c(-c3cc(C(C)C)cc[n+]3C)c(C)ccc12.Cc1ccc2c(n1)oc1c(-c3cc(C)c(C)c[n+]3C)c(C)ccc12.Cc1ccc2c(n1)oc1c(-c3cccc[n+]3C)c(C)ccc12.[2H]C([2H])([2H])c1cc(C)c(-c2cc(C([2H])(C)C([2H])([2H])[2H])cc[n+]2C)c2oc3ncccc3c12. The Balaban J connectivity index is 0.000000117. The minimum Gasteiger partial charge on any atom is -0.437 e. The van der Waals surface area contributed by atoms with Gasteiger partial charge in [-0.15, -0.1) is 0 Å². The quantitative estimate of drug-likeness (QED) is 0.141. The molecule has 1 unspecified atom stereocenters. The van der Waals surface area contributed by atoms with E-state index in [9.17, 15) is 0 Å². The molecule has 0 fully saturated rings. The molecular formula is C104H103N10O5+5. The van der Waals surface area contributed by atoms with Gasteiger partial charge in [0.15, 0.2) is 58.9 Å². The first-order valence-electron chi connectivity index (χ1n) is 43.7. The molecule has 0 aliphatic heterocycles. The normalized spacial score (nSPS) is 13.2. The molecule has 0 N–H and O–H groups in total. The fourth-order valence-electron chi connectivity index (χ4n) is 16.3. The number of furan rings is 5. The second kappa shape index (κ2) is 31.9. The van der Waals surface area contributed by atoms with Crippen molar-refractivity contribution in [2.45, 2.75) is 129 Å². The zero-order valence-corrected chi connectivity index (χ0v) is 71.3. The third kappa shape index (κ3) is 14.9. The van der Waals surface area contributed by atoms with E-state index in [1.54, 1.807) is 61.3 Å². The molecule has 0 radical (unpaired) electrons. The van der Waals surface area contributed by atoms with Crippen LogP contribution in [0.15, 0.2) is 235 Å². The summed E-state index contributed by atoms with van der Waals surface area (Å²) in [5, 5.41) is 9.83. The largest absolute Gasteiger partial charge is 0.437 e. The second-order valence-corrected chi connectivity index (χ2v) is 32.1. The van der Waals surface area contributed by atoms with Gasteiger partial charge in [0, 0.05) is 152 Å². The first-order chi connectivity index (χ1) is 59.8. The van der Waals surface area contributed by atoms with Crippen molar-refractivity contribution in [1.29, 1.82) is 0 Å². The Morgan fingerprint density at radius 2 is 0.714 bits per heavy atom. The fourth-order valence-corrected chi connectivity index (χ4v) is 16.3. The van der Waals surface area contributed by atoms with Gasteiger partial charge in [0.25, 0.3) is 0 Å². The Labute approximate surface area is 704 Å². The molecular weight excluding hydrogens is 1470 g/mol. The maximum atomic E-state index is 8.49. The summed E-state index contributed by atoms with van der Waals surface area (Å²) in [6.07, 6.45) is 11.8. The van der Waals surface area contributed by atoms with Crippen LogP contribution in [0, 0.1) is 89.9 Å². The van der Waals surface area contributed by atoms with E-state index < -0.39 is 19.6 Å². The average molecular weight is 1580 g/mol. The monoisotopic (exact) mass is 1580 g/mol. The number of hydrogen-bond acceptors (Lipinski definition) is 10. The van der Waals surface area contributed by atoms with Crippen molar-refractivity contribution in [2.24, 2.45) is 35.2 Å². The third-order valence-electron chi connectivity index (χ3n) is 22.9. The molecule has 15 heteroatoms. The highest BCUT2D eigenvalue weighted by Crippen LogP contribution is 2.43. The maximum Gasteiger partial charge on any atom is 0.227 e. The van der Waals surface area contributed by atoms with Gasteiger partial charge in [-0.25, -0.2) is 47.8 Å². The summed E-state index contributed by atoms with van der Waals surface area (Å²) in [6.45, 7) is 25.6. The number of rotatable bonds is 7. The smallest absolute Gasteiger partial charge is 0.227 e. The lowest BCUT2D eigenvalue weighted by Gasteiger charge is -2.10. The van der Waals surface area contributed by atoms with Crippen molar-refractivity contribution >= 4 is 110 Å². The highest BCUT2D eigenvalue weighted by atomic mass is 16.4. The van der Waals surface area contributed by atoms with Crippen LogP contribution in [0.25, 0.3) is 167 Å². The second-order valence-electron chi connectivity index (χ2n) is 32.1. The summed E-state index contributed by atoms with van der Waals surface area (Å²) in [7, 11) is 10.1. The molecule has 15 aromatic heterocycles. The predicted molar refractivity (Wildman–Crippen MR) is 480 cm³/mol. The topological polar surface area (TPSA) is 150 Å². The number of aromatic nitrogens is 10. The lowest BCUT2D eigenvalue weighted by atomic mass is 9.95.